The van der Waals surface area contributed by atoms with Crippen molar-refractivity contribution < 1.29 is 27.8 Å². The molecule has 1 aliphatic rings. The molecule has 1 saturated carbocycles. The number of carbonyl (C=O) groups is 1. The summed E-state index contributed by atoms with van der Waals surface area (Å²) in [6.45, 7) is -1.66. The maximum atomic E-state index is 11.9. The molecule has 100 valence electrons. The van der Waals surface area contributed by atoms with Crippen LogP contribution >= 0.6 is 11.3 Å². The average Bonchev–Trinajstić information content (AvgIpc) is 2.98. The first-order valence-electron chi connectivity index (χ1n) is 5.24. The number of aromatic nitrogens is 1. The van der Waals surface area contributed by atoms with E-state index in [9.17, 15) is 18.0 Å². The molecular formula is C10H10F3NO3S. The molecule has 4 nitrogen and oxygen atoms in total. The van der Waals surface area contributed by atoms with Gasteiger partial charge >= 0.3 is 12.1 Å². The molecule has 1 aliphatic carbocycles. The van der Waals surface area contributed by atoms with E-state index in [2.05, 4.69) is 9.72 Å². The number of rotatable bonds is 5. The number of alkyl halides is 3. The first-order valence-corrected chi connectivity index (χ1v) is 6.06. The molecule has 0 saturated heterocycles. The van der Waals surface area contributed by atoms with Crippen LogP contribution in [0.1, 0.15) is 39.1 Å². The normalized spacial score (nSPS) is 15.9. The van der Waals surface area contributed by atoms with Gasteiger partial charge in [-0.25, -0.2) is 9.78 Å². The Morgan fingerprint density at radius 2 is 2.17 bits per heavy atom. The predicted octanol–water partition coefficient (Wildman–Crippen LogP) is 2.80. The average molecular weight is 281 g/mol. The lowest BCUT2D eigenvalue weighted by atomic mass is 10.2. The van der Waals surface area contributed by atoms with E-state index in [-0.39, 0.29) is 22.4 Å². The highest BCUT2D eigenvalue weighted by molar-refractivity contribution is 7.13. The number of ether oxygens (including phenoxy) is 1. The fraction of sp³-hybridized carbons (Fsp3) is 0.600. The number of hydrogen-bond acceptors (Lipinski definition) is 4. The third kappa shape index (κ3) is 3.42. The molecule has 1 N–H and O–H groups in total. The molecule has 0 bridgehead atoms. The van der Waals surface area contributed by atoms with Gasteiger partial charge < -0.3 is 9.84 Å². The van der Waals surface area contributed by atoms with E-state index in [1.165, 1.54) is 0 Å². The number of carboxylic acids is 1. The molecule has 8 heteroatoms. The maximum Gasteiger partial charge on any atom is 0.411 e. The van der Waals surface area contributed by atoms with E-state index in [0.29, 0.717) is 5.69 Å². The Balaban J connectivity index is 2.01. The van der Waals surface area contributed by atoms with E-state index in [0.717, 1.165) is 24.2 Å². The van der Waals surface area contributed by atoms with Crippen molar-refractivity contribution in [1.82, 2.24) is 4.98 Å². The van der Waals surface area contributed by atoms with Gasteiger partial charge in [0.2, 0.25) is 0 Å². The minimum atomic E-state index is -4.38. The van der Waals surface area contributed by atoms with Gasteiger partial charge in [-0.15, -0.1) is 11.3 Å². The summed E-state index contributed by atoms with van der Waals surface area (Å²) in [5, 5.41) is 9.24. The first kappa shape index (κ1) is 13.3. The van der Waals surface area contributed by atoms with Crippen molar-refractivity contribution in [2.75, 3.05) is 6.61 Å². The summed E-state index contributed by atoms with van der Waals surface area (Å²) < 4.78 is 40.1. The Bertz CT molecular complexity index is 454. The van der Waals surface area contributed by atoms with Crippen LogP contribution in [0, 0.1) is 0 Å². The van der Waals surface area contributed by atoms with Crippen LogP contribution in [0.5, 0.6) is 0 Å². The molecule has 0 radical (unpaired) electrons. The largest absolute Gasteiger partial charge is 0.477 e. The van der Waals surface area contributed by atoms with Gasteiger partial charge in [0, 0.05) is 5.92 Å². The lowest BCUT2D eigenvalue weighted by Gasteiger charge is -2.05. The Kier molecular flexibility index (Phi) is 3.58. The van der Waals surface area contributed by atoms with Crippen molar-refractivity contribution in [1.29, 1.82) is 0 Å². The molecule has 2 rings (SSSR count). The Hall–Kier alpha value is -1.15. The smallest absolute Gasteiger partial charge is 0.411 e. The van der Waals surface area contributed by atoms with E-state index < -0.39 is 18.8 Å². The monoisotopic (exact) mass is 281 g/mol. The van der Waals surface area contributed by atoms with Gasteiger partial charge in [0.15, 0.2) is 0 Å². The van der Waals surface area contributed by atoms with Crippen molar-refractivity contribution in [3.05, 3.63) is 15.6 Å². The minimum absolute atomic E-state index is 0.114. The highest BCUT2D eigenvalue weighted by Gasteiger charge is 2.32. The zero-order valence-corrected chi connectivity index (χ0v) is 9.98. The summed E-state index contributed by atoms with van der Waals surface area (Å²) in [4.78, 5) is 15.1. The summed E-state index contributed by atoms with van der Waals surface area (Å²) in [6.07, 6.45) is -2.62. The Labute approximate surface area is 104 Å². The van der Waals surface area contributed by atoms with Gasteiger partial charge in [-0.2, -0.15) is 13.2 Å². The molecule has 0 aromatic carbocycles. The van der Waals surface area contributed by atoms with Crippen LogP contribution in [0.15, 0.2) is 0 Å². The molecule has 0 atom stereocenters. The molecule has 0 aliphatic heterocycles. The molecule has 18 heavy (non-hydrogen) atoms. The summed E-state index contributed by atoms with van der Waals surface area (Å²) >= 11 is 0.884. The quantitative estimate of drug-likeness (QED) is 0.901. The second kappa shape index (κ2) is 4.85. The molecule has 0 amide bonds. The van der Waals surface area contributed by atoms with Crippen LogP contribution < -0.4 is 0 Å². The highest BCUT2D eigenvalue weighted by atomic mass is 32.1. The Morgan fingerprint density at radius 1 is 1.50 bits per heavy atom. The predicted molar refractivity (Wildman–Crippen MR) is 56.8 cm³/mol. The van der Waals surface area contributed by atoms with Crippen molar-refractivity contribution in [2.24, 2.45) is 0 Å². The van der Waals surface area contributed by atoms with E-state index in [1.54, 1.807) is 0 Å². The number of halogens is 3. The van der Waals surface area contributed by atoms with Crippen molar-refractivity contribution in [3.8, 4) is 0 Å². The van der Waals surface area contributed by atoms with Crippen LogP contribution in [0.3, 0.4) is 0 Å². The molecule has 1 heterocycles. The SMILES string of the molecule is O=C(O)c1sc(COCC(F)(F)F)nc1C1CC1. The lowest BCUT2D eigenvalue weighted by Crippen LogP contribution is -2.16. The van der Waals surface area contributed by atoms with Crippen LogP contribution in [-0.2, 0) is 11.3 Å². The molecular weight excluding hydrogens is 271 g/mol. The fourth-order valence-electron chi connectivity index (χ4n) is 1.48. The van der Waals surface area contributed by atoms with Crippen molar-refractivity contribution in [3.63, 3.8) is 0 Å². The minimum Gasteiger partial charge on any atom is -0.477 e. The summed E-state index contributed by atoms with van der Waals surface area (Å²) in [6, 6.07) is 0. The molecule has 0 unspecified atom stereocenters. The Morgan fingerprint density at radius 3 is 2.67 bits per heavy atom. The third-order valence-electron chi connectivity index (χ3n) is 2.35. The second-order valence-electron chi connectivity index (χ2n) is 4.01. The van der Waals surface area contributed by atoms with Gasteiger partial charge in [0.25, 0.3) is 0 Å². The zero-order chi connectivity index (χ0) is 13.3. The van der Waals surface area contributed by atoms with Crippen molar-refractivity contribution >= 4 is 17.3 Å². The summed E-state index contributed by atoms with van der Waals surface area (Å²) in [7, 11) is 0. The molecule has 1 fully saturated rings. The van der Waals surface area contributed by atoms with Gasteiger partial charge in [-0.3, -0.25) is 0 Å². The third-order valence-corrected chi connectivity index (χ3v) is 3.38. The van der Waals surface area contributed by atoms with E-state index in [4.69, 9.17) is 5.11 Å². The fourth-order valence-corrected chi connectivity index (χ4v) is 2.41. The van der Waals surface area contributed by atoms with Gasteiger partial charge in [-0.05, 0) is 12.8 Å². The number of hydrogen-bond donors (Lipinski definition) is 1. The standard InChI is InChI=1S/C10H10F3NO3S/c11-10(12,13)4-17-3-6-14-7(5-1-2-5)8(18-6)9(15)16/h5H,1-4H2,(H,15,16). The number of carboxylic acid groups (broad SMARTS) is 1. The van der Waals surface area contributed by atoms with Gasteiger partial charge in [0.1, 0.15) is 16.5 Å². The van der Waals surface area contributed by atoms with Crippen molar-refractivity contribution in [2.45, 2.75) is 31.5 Å². The summed E-state index contributed by atoms with van der Waals surface area (Å²) in [5.41, 5.74) is 0.484. The number of thiazole rings is 1. The topological polar surface area (TPSA) is 59.4 Å². The zero-order valence-electron chi connectivity index (χ0n) is 9.16. The molecule has 0 spiro atoms. The van der Waals surface area contributed by atoms with Crippen LogP contribution in [0.4, 0.5) is 13.2 Å². The molecule has 1 aromatic heterocycles. The first-order chi connectivity index (χ1) is 8.37. The molecule has 1 aromatic rings. The van der Waals surface area contributed by atoms with Crippen LogP contribution in [0.2, 0.25) is 0 Å². The van der Waals surface area contributed by atoms with Crippen LogP contribution in [0.25, 0.3) is 0 Å². The highest BCUT2D eigenvalue weighted by Crippen LogP contribution is 2.42. The van der Waals surface area contributed by atoms with Gasteiger partial charge in [-0.1, -0.05) is 0 Å². The van der Waals surface area contributed by atoms with E-state index in [1.807, 2.05) is 0 Å². The number of nitrogens with zero attached hydrogens (tertiary/aromatic N) is 1. The second-order valence-corrected chi connectivity index (χ2v) is 5.09. The van der Waals surface area contributed by atoms with Gasteiger partial charge in [0.05, 0.1) is 12.3 Å². The summed E-state index contributed by atoms with van der Waals surface area (Å²) in [5.74, 6) is -0.944. The van der Waals surface area contributed by atoms with E-state index >= 15 is 0 Å². The van der Waals surface area contributed by atoms with Crippen LogP contribution in [-0.4, -0.2) is 28.8 Å². The number of aromatic carboxylic acids is 1. The maximum absolute atomic E-state index is 11.9. The lowest BCUT2D eigenvalue weighted by molar-refractivity contribution is -0.176.